The highest BCUT2D eigenvalue weighted by molar-refractivity contribution is 5.92. The SMILES string of the molecule is CC(C)NC(=O)COC(=O)c1cc(F)c(N)cc1F. The molecule has 0 atom stereocenters. The van der Waals surface area contributed by atoms with Gasteiger partial charge >= 0.3 is 5.97 Å². The summed E-state index contributed by atoms with van der Waals surface area (Å²) in [6, 6.07) is 1.20. The van der Waals surface area contributed by atoms with E-state index in [9.17, 15) is 18.4 Å². The van der Waals surface area contributed by atoms with Crippen LogP contribution in [0.25, 0.3) is 0 Å². The Labute approximate surface area is 108 Å². The highest BCUT2D eigenvalue weighted by Gasteiger charge is 2.17. The number of rotatable bonds is 4. The largest absolute Gasteiger partial charge is 0.452 e. The third-order valence-corrected chi connectivity index (χ3v) is 2.09. The van der Waals surface area contributed by atoms with Crippen molar-refractivity contribution in [3.63, 3.8) is 0 Å². The number of benzene rings is 1. The Morgan fingerprint density at radius 2 is 1.95 bits per heavy atom. The number of amides is 1. The van der Waals surface area contributed by atoms with Gasteiger partial charge in [-0.3, -0.25) is 4.79 Å². The van der Waals surface area contributed by atoms with Crippen LogP contribution >= 0.6 is 0 Å². The molecular formula is C12H14F2N2O3. The number of halogens is 2. The van der Waals surface area contributed by atoms with Crippen LogP contribution in [0.2, 0.25) is 0 Å². The monoisotopic (exact) mass is 272 g/mol. The molecule has 0 aliphatic rings. The van der Waals surface area contributed by atoms with Crippen LogP contribution in [0.4, 0.5) is 14.5 Å². The van der Waals surface area contributed by atoms with E-state index in [1.807, 2.05) is 0 Å². The van der Waals surface area contributed by atoms with Crippen LogP contribution < -0.4 is 11.1 Å². The van der Waals surface area contributed by atoms with Crippen molar-refractivity contribution in [2.75, 3.05) is 12.3 Å². The van der Waals surface area contributed by atoms with Crippen LogP contribution in [-0.2, 0) is 9.53 Å². The smallest absolute Gasteiger partial charge is 0.341 e. The van der Waals surface area contributed by atoms with Gasteiger partial charge in [-0.15, -0.1) is 0 Å². The van der Waals surface area contributed by atoms with E-state index in [1.165, 1.54) is 0 Å². The lowest BCUT2D eigenvalue weighted by atomic mass is 10.2. The molecule has 1 rings (SSSR count). The lowest BCUT2D eigenvalue weighted by molar-refractivity contribution is -0.124. The summed E-state index contributed by atoms with van der Waals surface area (Å²) >= 11 is 0. The Hall–Kier alpha value is -2.18. The van der Waals surface area contributed by atoms with E-state index in [-0.39, 0.29) is 6.04 Å². The molecule has 0 aliphatic carbocycles. The Morgan fingerprint density at radius 3 is 2.53 bits per heavy atom. The van der Waals surface area contributed by atoms with Gasteiger partial charge in [-0.25, -0.2) is 13.6 Å². The number of nitrogens with two attached hydrogens (primary N) is 1. The molecule has 0 bridgehead atoms. The Bertz CT molecular complexity index is 504. The molecule has 0 saturated heterocycles. The summed E-state index contributed by atoms with van der Waals surface area (Å²) in [6.45, 7) is 2.89. The van der Waals surface area contributed by atoms with E-state index in [4.69, 9.17) is 5.73 Å². The second kappa shape index (κ2) is 6.12. The van der Waals surface area contributed by atoms with Crippen molar-refractivity contribution in [3.8, 4) is 0 Å². The summed E-state index contributed by atoms with van der Waals surface area (Å²) < 4.78 is 31.0. The molecule has 104 valence electrons. The van der Waals surface area contributed by atoms with Crippen LogP contribution in [-0.4, -0.2) is 24.5 Å². The minimum absolute atomic E-state index is 0.114. The average molecular weight is 272 g/mol. The van der Waals surface area contributed by atoms with E-state index in [0.29, 0.717) is 12.1 Å². The van der Waals surface area contributed by atoms with Crippen molar-refractivity contribution in [1.29, 1.82) is 0 Å². The first-order chi connectivity index (χ1) is 8.81. The lowest BCUT2D eigenvalue weighted by Crippen LogP contribution is -2.34. The summed E-state index contributed by atoms with van der Waals surface area (Å²) in [5.74, 6) is -3.59. The van der Waals surface area contributed by atoms with E-state index in [0.717, 1.165) is 0 Å². The van der Waals surface area contributed by atoms with E-state index in [1.54, 1.807) is 13.8 Å². The summed E-state index contributed by atoms with van der Waals surface area (Å²) in [7, 11) is 0. The van der Waals surface area contributed by atoms with Gasteiger partial charge in [0.1, 0.15) is 11.6 Å². The minimum atomic E-state index is -1.13. The first-order valence-electron chi connectivity index (χ1n) is 5.52. The van der Waals surface area contributed by atoms with Crippen molar-refractivity contribution in [2.24, 2.45) is 0 Å². The predicted molar refractivity (Wildman–Crippen MR) is 64.3 cm³/mol. The van der Waals surface area contributed by atoms with Crippen LogP contribution in [0, 0.1) is 11.6 Å². The molecule has 7 heteroatoms. The Balaban J connectivity index is 2.69. The van der Waals surface area contributed by atoms with Crippen molar-refractivity contribution in [3.05, 3.63) is 29.3 Å². The number of nitrogen functional groups attached to an aromatic ring is 1. The first-order valence-corrected chi connectivity index (χ1v) is 5.52. The highest BCUT2D eigenvalue weighted by atomic mass is 19.1. The topological polar surface area (TPSA) is 81.4 Å². The highest BCUT2D eigenvalue weighted by Crippen LogP contribution is 2.17. The molecule has 1 aromatic carbocycles. The molecule has 0 spiro atoms. The van der Waals surface area contributed by atoms with Crippen LogP contribution in [0.15, 0.2) is 12.1 Å². The van der Waals surface area contributed by atoms with Gasteiger partial charge in [0, 0.05) is 12.1 Å². The quantitative estimate of drug-likeness (QED) is 0.638. The fourth-order valence-electron chi connectivity index (χ4n) is 1.29. The van der Waals surface area contributed by atoms with Crippen LogP contribution in [0.5, 0.6) is 0 Å². The molecular weight excluding hydrogens is 258 g/mol. The molecule has 3 N–H and O–H groups in total. The Morgan fingerprint density at radius 1 is 1.32 bits per heavy atom. The second-order valence-corrected chi connectivity index (χ2v) is 4.15. The van der Waals surface area contributed by atoms with Gasteiger partial charge in [-0.1, -0.05) is 0 Å². The number of anilines is 1. The van der Waals surface area contributed by atoms with Crippen molar-refractivity contribution < 1.29 is 23.1 Å². The zero-order valence-electron chi connectivity index (χ0n) is 10.5. The molecule has 19 heavy (non-hydrogen) atoms. The van der Waals surface area contributed by atoms with Crippen LogP contribution in [0.3, 0.4) is 0 Å². The van der Waals surface area contributed by atoms with Crippen molar-refractivity contribution >= 4 is 17.6 Å². The molecule has 0 radical (unpaired) electrons. The van der Waals surface area contributed by atoms with Gasteiger partial charge in [-0.2, -0.15) is 0 Å². The number of carbonyl (C=O) groups is 2. The molecule has 0 aromatic heterocycles. The first kappa shape index (κ1) is 14.9. The number of carbonyl (C=O) groups excluding carboxylic acids is 2. The van der Waals surface area contributed by atoms with E-state index >= 15 is 0 Å². The molecule has 0 aliphatic heterocycles. The summed E-state index contributed by atoms with van der Waals surface area (Å²) in [6.07, 6.45) is 0. The fraction of sp³-hybridized carbons (Fsp3) is 0.333. The van der Waals surface area contributed by atoms with Gasteiger partial charge in [0.05, 0.1) is 11.3 Å². The van der Waals surface area contributed by atoms with Gasteiger partial charge in [0.2, 0.25) is 0 Å². The molecule has 1 aromatic rings. The minimum Gasteiger partial charge on any atom is -0.452 e. The van der Waals surface area contributed by atoms with Gasteiger partial charge < -0.3 is 15.8 Å². The number of hydrogen-bond donors (Lipinski definition) is 2. The van der Waals surface area contributed by atoms with E-state index in [2.05, 4.69) is 10.1 Å². The van der Waals surface area contributed by atoms with Gasteiger partial charge in [-0.05, 0) is 19.9 Å². The zero-order chi connectivity index (χ0) is 14.6. The second-order valence-electron chi connectivity index (χ2n) is 4.15. The maximum Gasteiger partial charge on any atom is 0.341 e. The Kier molecular flexibility index (Phi) is 4.80. The van der Waals surface area contributed by atoms with E-state index < -0.39 is 41.4 Å². The number of nitrogens with one attached hydrogen (secondary N) is 1. The van der Waals surface area contributed by atoms with Crippen LogP contribution in [0.1, 0.15) is 24.2 Å². The zero-order valence-corrected chi connectivity index (χ0v) is 10.5. The third-order valence-electron chi connectivity index (χ3n) is 2.09. The standard InChI is InChI=1S/C12H14F2N2O3/c1-6(2)16-11(17)5-19-12(18)7-3-9(14)10(15)4-8(7)13/h3-4,6H,5,15H2,1-2H3,(H,16,17). The van der Waals surface area contributed by atoms with Crippen molar-refractivity contribution in [2.45, 2.75) is 19.9 Å². The summed E-state index contributed by atoms with van der Waals surface area (Å²) in [4.78, 5) is 22.7. The fourth-order valence-corrected chi connectivity index (χ4v) is 1.29. The predicted octanol–water partition coefficient (Wildman–Crippen LogP) is 1.23. The molecule has 5 nitrogen and oxygen atoms in total. The molecule has 0 fully saturated rings. The average Bonchev–Trinajstić information content (AvgIpc) is 2.30. The van der Waals surface area contributed by atoms with Crippen molar-refractivity contribution in [1.82, 2.24) is 5.32 Å². The van der Waals surface area contributed by atoms with Gasteiger partial charge in [0.25, 0.3) is 5.91 Å². The maximum absolute atomic E-state index is 13.4. The number of ether oxygens (including phenoxy) is 1. The summed E-state index contributed by atoms with van der Waals surface area (Å²) in [5, 5.41) is 2.48. The van der Waals surface area contributed by atoms with Gasteiger partial charge in [0.15, 0.2) is 6.61 Å². The number of hydrogen-bond acceptors (Lipinski definition) is 4. The summed E-state index contributed by atoms with van der Waals surface area (Å²) in [5.41, 5.74) is 4.12. The normalized spacial score (nSPS) is 10.4. The lowest BCUT2D eigenvalue weighted by Gasteiger charge is -2.09. The molecule has 0 unspecified atom stereocenters. The molecule has 0 saturated carbocycles. The number of esters is 1. The third kappa shape index (κ3) is 4.20. The maximum atomic E-state index is 13.4. The molecule has 0 heterocycles. The molecule has 1 amide bonds.